The maximum Gasteiger partial charge on any atom is 0.0453 e. The average molecular weight is 328 g/mol. The van der Waals surface area contributed by atoms with Crippen molar-refractivity contribution in [2.45, 2.75) is 51.5 Å². The summed E-state index contributed by atoms with van der Waals surface area (Å²) >= 11 is 12.8. The number of likely N-dealkylation sites (N-methyl/N-ethyl adjacent to an activating group) is 1. The summed E-state index contributed by atoms with van der Waals surface area (Å²) in [4.78, 5) is 2.39. The van der Waals surface area contributed by atoms with E-state index in [4.69, 9.17) is 23.2 Å². The predicted octanol–water partition coefficient (Wildman–Crippen LogP) is 5.68. The third-order valence-electron chi connectivity index (χ3n) is 5.42. The van der Waals surface area contributed by atoms with Gasteiger partial charge < -0.3 is 4.90 Å². The van der Waals surface area contributed by atoms with Crippen LogP contribution in [0.2, 0.25) is 10.0 Å². The van der Waals surface area contributed by atoms with Gasteiger partial charge in [-0.25, -0.2) is 0 Å². The van der Waals surface area contributed by atoms with Gasteiger partial charge in [-0.05, 0) is 75.7 Å². The van der Waals surface area contributed by atoms with Crippen LogP contribution in [-0.4, -0.2) is 24.5 Å². The molecule has 0 atom stereocenters. The molecule has 21 heavy (non-hydrogen) atoms. The summed E-state index contributed by atoms with van der Waals surface area (Å²) in [5.41, 5.74) is 1.30. The zero-order chi connectivity index (χ0) is 15.6. The molecule has 0 spiro atoms. The summed E-state index contributed by atoms with van der Waals surface area (Å²) in [5, 5.41) is 1.60. The Bertz CT molecular complexity index is 454. The number of benzene rings is 1. The standard InChI is InChI=1S/C18H27Cl2N/c1-13(2)14-8-10-18(11-9-14,21(3)4)12-15-16(19)6-5-7-17(15)20/h5-7,13-14H,8-12H2,1-4H3. The molecule has 1 saturated carbocycles. The summed E-state index contributed by atoms with van der Waals surface area (Å²) in [5.74, 6) is 1.65. The van der Waals surface area contributed by atoms with Gasteiger partial charge in [-0.2, -0.15) is 0 Å². The molecule has 1 aromatic rings. The summed E-state index contributed by atoms with van der Waals surface area (Å²) in [6, 6.07) is 5.82. The maximum absolute atomic E-state index is 6.39. The van der Waals surface area contributed by atoms with Crippen LogP contribution >= 0.6 is 23.2 Å². The van der Waals surface area contributed by atoms with Gasteiger partial charge in [-0.1, -0.05) is 43.1 Å². The van der Waals surface area contributed by atoms with E-state index < -0.39 is 0 Å². The zero-order valence-corrected chi connectivity index (χ0v) is 15.1. The number of rotatable bonds is 4. The van der Waals surface area contributed by atoms with E-state index in [2.05, 4.69) is 32.8 Å². The van der Waals surface area contributed by atoms with E-state index in [9.17, 15) is 0 Å². The van der Waals surface area contributed by atoms with Crippen molar-refractivity contribution in [3.63, 3.8) is 0 Å². The molecule has 0 aromatic heterocycles. The summed E-state index contributed by atoms with van der Waals surface area (Å²) in [6.45, 7) is 4.69. The molecule has 0 unspecified atom stereocenters. The smallest absolute Gasteiger partial charge is 0.0453 e. The van der Waals surface area contributed by atoms with Crippen molar-refractivity contribution in [2.75, 3.05) is 14.1 Å². The lowest BCUT2D eigenvalue weighted by Crippen LogP contribution is -2.49. The normalized spacial score (nSPS) is 26.6. The predicted molar refractivity (Wildman–Crippen MR) is 93.4 cm³/mol. The number of halogens is 2. The Labute approximate surface area is 139 Å². The summed E-state index contributed by atoms with van der Waals surface area (Å²) in [7, 11) is 4.39. The van der Waals surface area contributed by atoms with Crippen LogP contribution < -0.4 is 0 Å². The van der Waals surface area contributed by atoms with Crippen molar-refractivity contribution < 1.29 is 0 Å². The van der Waals surface area contributed by atoms with Gasteiger partial charge in [0.1, 0.15) is 0 Å². The fourth-order valence-electron chi connectivity index (χ4n) is 3.66. The van der Waals surface area contributed by atoms with Gasteiger partial charge in [-0.15, -0.1) is 0 Å². The Morgan fingerprint density at radius 1 is 1.14 bits per heavy atom. The van der Waals surface area contributed by atoms with Crippen LogP contribution in [0.4, 0.5) is 0 Å². The first-order valence-corrected chi connectivity index (χ1v) is 8.71. The lowest BCUT2D eigenvalue weighted by atomic mass is 9.70. The van der Waals surface area contributed by atoms with Crippen molar-refractivity contribution in [2.24, 2.45) is 11.8 Å². The Hall–Kier alpha value is -0.240. The number of hydrogen-bond acceptors (Lipinski definition) is 1. The van der Waals surface area contributed by atoms with E-state index in [1.54, 1.807) is 0 Å². The van der Waals surface area contributed by atoms with Crippen LogP contribution in [0.1, 0.15) is 45.1 Å². The average Bonchev–Trinajstić information content (AvgIpc) is 2.43. The molecule has 0 aliphatic heterocycles. The first-order chi connectivity index (χ1) is 9.85. The van der Waals surface area contributed by atoms with Crippen LogP contribution in [-0.2, 0) is 6.42 Å². The minimum atomic E-state index is 0.194. The summed E-state index contributed by atoms with van der Waals surface area (Å²) < 4.78 is 0. The Morgan fingerprint density at radius 2 is 1.67 bits per heavy atom. The largest absolute Gasteiger partial charge is 0.303 e. The minimum absolute atomic E-state index is 0.194. The van der Waals surface area contributed by atoms with E-state index >= 15 is 0 Å². The molecule has 1 fully saturated rings. The number of nitrogens with zero attached hydrogens (tertiary/aromatic N) is 1. The van der Waals surface area contributed by atoms with Gasteiger partial charge in [0.25, 0.3) is 0 Å². The first-order valence-electron chi connectivity index (χ1n) is 7.96. The van der Waals surface area contributed by atoms with Crippen molar-refractivity contribution in [3.8, 4) is 0 Å². The van der Waals surface area contributed by atoms with E-state index in [1.807, 2.05) is 18.2 Å². The molecular formula is C18H27Cl2N. The molecule has 0 heterocycles. The number of hydrogen-bond donors (Lipinski definition) is 0. The molecule has 0 N–H and O–H groups in total. The van der Waals surface area contributed by atoms with Gasteiger partial charge in [0.15, 0.2) is 0 Å². The Morgan fingerprint density at radius 3 is 2.10 bits per heavy atom. The lowest BCUT2D eigenvalue weighted by Gasteiger charge is -2.46. The molecule has 2 rings (SSSR count). The van der Waals surface area contributed by atoms with Crippen LogP contribution in [0.15, 0.2) is 18.2 Å². The molecule has 118 valence electrons. The third-order valence-corrected chi connectivity index (χ3v) is 6.13. The third kappa shape index (κ3) is 3.75. The summed E-state index contributed by atoms with van der Waals surface area (Å²) in [6.07, 6.45) is 6.01. The minimum Gasteiger partial charge on any atom is -0.303 e. The van der Waals surface area contributed by atoms with Crippen LogP contribution in [0, 0.1) is 11.8 Å². The van der Waals surface area contributed by atoms with Crippen LogP contribution in [0.5, 0.6) is 0 Å². The fourth-order valence-corrected chi connectivity index (χ4v) is 4.19. The van der Waals surface area contributed by atoms with Crippen molar-refractivity contribution >= 4 is 23.2 Å². The van der Waals surface area contributed by atoms with Crippen molar-refractivity contribution in [1.29, 1.82) is 0 Å². The van der Waals surface area contributed by atoms with Crippen molar-refractivity contribution in [3.05, 3.63) is 33.8 Å². The topological polar surface area (TPSA) is 3.24 Å². The van der Waals surface area contributed by atoms with Gasteiger partial charge in [0, 0.05) is 15.6 Å². The second-order valence-corrected chi connectivity index (χ2v) is 7.89. The van der Waals surface area contributed by atoms with E-state index in [-0.39, 0.29) is 5.54 Å². The maximum atomic E-state index is 6.39. The highest BCUT2D eigenvalue weighted by atomic mass is 35.5. The molecule has 1 aliphatic carbocycles. The first kappa shape index (κ1) is 17.1. The second kappa shape index (κ2) is 6.89. The molecule has 0 radical (unpaired) electrons. The highest BCUT2D eigenvalue weighted by Crippen LogP contribution is 2.42. The van der Waals surface area contributed by atoms with Crippen LogP contribution in [0.25, 0.3) is 0 Å². The van der Waals surface area contributed by atoms with Gasteiger partial charge in [0.2, 0.25) is 0 Å². The monoisotopic (exact) mass is 327 g/mol. The Balaban J connectivity index is 2.21. The van der Waals surface area contributed by atoms with E-state index in [1.165, 1.54) is 25.7 Å². The van der Waals surface area contributed by atoms with Crippen molar-refractivity contribution in [1.82, 2.24) is 4.90 Å². The lowest BCUT2D eigenvalue weighted by molar-refractivity contribution is 0.0684. The van der Waals surface area contributed by atoms with E-state index in [0.29, 0.717) is 0 Å². The Kier molecular flexibility index (Phi) is 5.62. The molecule has 0 amide bonds. The van der Waals surface area contributed by atoms with Gasteiger partial charge >= 0.3 is 0 Å². The highest BCUT2D eigenvalue weighted by molar-refractivity contribution is 6.36. The molecule has 0 saturated heterocycles. The van der Waals surface area contributed by atoms with Gasteiger partial charge in [0.05, 0.1) is 0 Å². The van der Waals surface area contributed by atoms with Crippen LogP contribution in [0.3, 0.4) is 0 Å². The molecular weight excluding hydrogens is 301 g/mol. The SMILES string of the molecule is CC(C)C1CCC(Cc2c(Cl)cccc2Cl)(N(C)C)CC1. The molecule has 3 heteroatoms. The molecule has 1 aromatic carbocycles. The second-order valence-electron chi connectivity index (χ2n) is 7.08. The molecule has 0 bridgehead atoms. The zero-order valence-electron chi connectivity index (χ0n) is 13.6. The molecule has 1 nitrogen and oxygen atoms in total. The van der Waals surface area contributed by atoms with E-state index in [0.717, 1.165) is 33.9 Å². The highest BCUT2D eigenvalue weighted by Gasteiger charge is 2.38. The van der Waals surface area contributed by atoms with Gasteiger partial charge in [-0.3, -0.25) is 0 Å². The quantitative estimate of drug-likeness (QED) is 0.687. The fraction of sp³-hybridized carbons (Fsp3) is 0.667. The molecule has 1 aliphatic rings.